The van der Waals surface area contributed by atoms with E-state index in [1.807, 2.05) is 0 Å². The van der Waals surface area contributed by atoms with Crippen LogP contribution in [0.1, 0.15) is 181 Å². The summed E-state index contributed by atoms with van der Waals surface area (Å²) in [5.74, 6) is 2.64. The molecule has 1 N–H and O–H groups in total. The lowest BCUT2D eigenvalue weighted by Gasteiger charge is -2.05. The molecule has 0 aliphatic carbocycles. The Morgan fingerprint density at radius 3 is 1.32 bits per heavy atom. The van der Waals surface area contributed by atoms with Gasteiger partial charge in [0.15, 0.2) is 0 Å². The minimum Gasteiger partial charge on any atom is -0.316 e. The third-order valence-corrected chi connectivity index (χ3v) is 8.85. The van der Waals surface area contributed by atoms with Gasteiger partial charge in [-0.1, -0.05) is 147 Å². The Kier molecular flexibility index (Phi) is 38.1. The van der Waals surface area contributed by atoms with Crippen LogP contribution in [0.2, 0.25) is 0 Å². The van der Waals surface area contributed by atoms with E-state index in [4.69, 9.17) is 0 Å². The first-order valence-electron chi connectivity index (χ1n) is 18.1. The summed E-state index contributed by atoms with van der Waals surface area (Å²) >= 11 is 2.15. The quantitative estimate of drug-likeness (QED) is 0.0605. The molecular formula is C38H73NS. The van der Waals surface area contributed by atoms with Gasteiger partial charge in [0.2, 0.25) is 0 Å². The fraction of sp³-hybridized carbons (Fsp3) is 0.842. The number of thioether (sulfide) groups is 1. The van der Waals surface area contributed by atoms with Crippen LogP contribution in [-0.4, -0.2) is 24.6 Å². The predicted octanol–water partition coefficient (Wildman–Crippen LogP) is 13.2. The SMILES string of the molecule is CCCCC/C=C\C/C=C\CCCCCCCCNCCSCCCCCCCC/C=C\CCCCCCCC. The molecule has 0 radical (unpaired) electrons. The first-order chi connectivity index (χ1) is 19.9. The Labute approximate surface area is 258 Å². The highest BCUT2D eigenvalue weighted by atomic mass is 32.2. The predicted molar refractivity (Wildman–Crippen MR) is 189 cm³/mol. The molecule has 0 rings (SSSR count). The van der Waals surface area contributed by atoms with Crippen molar-refractivity contribution in [3.8, 4) is 0 Å². The molecule has 0 bridgehead atoms. The van der Waals surface area contributed by atoms with Crippen LogP contribution >= 0.6 is 11.8 Å². The molecule has 0 unspecified atom stereocenters. The number of allylic oxidation sites excluding steroid dienone is 6. The maximum atomic E-state index is 3.65. The summed E-state index contributed by atoms with van der Waals surface area (Å²) in [6.07, 6.45) is 49.9. The minimum absolute atomic E-state index is 1.12. The molecule has 0 fully saturated rings. The van der Waals surface area contributed by atoms with E-state index in [1.165, 1.54) is 185 Å². The molecular weight excluding hydrogens is 502 g/mol. The molecule has 0 aliphatic heterocycles. The second-order valence-corrected chi connectivity index (χ2v) is 13.1. The molecule has 236 valence electrons. The topological polar surface area (TPSA) is 12.0 Å². The molecule has 0 aromatic rings. The first kappa shape index (κ1) is 39.5. The van der Waals surface area contributed by atoms with Gasteiger partial charge < -0.3 is 5.32 Å². The smallest absolute Gasteiger partial charge is 0.00581 e. The summed E-state index contributed by atoms with van der Waals surface area (Å²) in [4.78, 5) is 0. The summed E-state index contributed by atoms with van der Waals surface area (Å²) in [6.45, 7) is 6.97. The molecule has 0 amide bonds. The zero-order valence-corrected chi connectivity index (χ0v) is 28.4. The van der Waals surface area contributed by atoms with Crippen molar-refractivity contribution < 1.29 is 0 Å². The van der Waals surface area contributed by atoms with Crippen molar-refractivity contribution in [3.63, 3.8) is 0 Å². The van der Waals surface area contributed by atoms with Crippen LogP contribution in [0.5, 0.6) is 0 Å². The molecule has 0 atom stereocenters. The summed E-state index contributed by atoms with van der Waals surface area (Å²) in [7, 11) is 0. The highest BCUT2D eigenvalue weighted by Crippen LogP contribution is 2.12. The van der Waals surface area contributed by atoms with Crippen LogP contribution < -0.4 is 5.32 Å². The molecule has 0 aromatic heterocycles. The highest BCUT2D eigenvalue weighted by Gasteiger charge is 1.95. The molecule has 0 spiro atoms. The maximum absolute atomic E-state index is 3.65. The van der Waals surface area contributed by atoms with Gasteiger partial charge in [0.05, 0.1) is 0 Å². The summed E-state index contributed by atoms with van der Waals surface area (Å²) < 4.78 is 0. The number of hydrogen-bond acceptors (Lipinski definition) is 2. The summed E-state index contributed by atoms with van der Waals surface area (Å²) in [5.41, 5.74) is 0. The largest absolute Gasteiger partial charge is 0.316 e. The standard InChI is InChI=1S/C38H73NS/c1-3-5-7-9-11-13-15-17-19-21-23-25-27-29-31-33-35-39-36-38-40-37-34-32-30-28-26-24-22-20-18-16-14-12-10-8-6-4-2/h11,13,17-20,39H,3-10,12,14-16,21-38H2,1-2H3/b13-11-,19-17-,20-18-. The lowest BCUT2D eigenvalue weighted by Crippen LogP contribution is -2.18. The van der Waals surface area contributed by atoms with E-state index in [9.17, 15) is 0 Å². The van der Waals surface area contributed by atoms with Crippen LogP contribution in [0.15, 0.2) is 36.5 Å². The fourth-order valence-corrected chi connectivity index (χ4v) is 5.96. The zero-order valence-electron chi connectivity index (χ0n) is 27.6. The summed E-state index contributed by atoms with van der Waals surface area (Å²) in [6, 6.07) is 0. The molecule has 40 heavy (non-hydrogen) atoms. The number of unbranched alkanes of at least 4 members (excludes halogenated alkanes) is 21. The second kappa shape index (κ2) is 38.5. The lowest BCUT2D eigenvalue weighted by atomic mass is 10.1. The van der Waals surface area contributed by atoms with Crippen molar-refractivity contribution >= 4 is 11.8 Å². The van der Waals surface area contributed by atoms with Crippen molar-refractivity contribution in [2.75, 3.05) is 24.6 Å². The van der Waals surface area contributed by atoms with E-state index in [0.29, 0.717) is 0 Å². The first-order valence-corrected chi connectivity index (χ1v) is 19.3. The van der Waals surface area contributed by atoms with Gasteiger partial charge >= 0.3 is 0 Å². The normalized spacial score (nSPS) is 12.2. The van der Waals surface area contributed by atoms with E-state index in [-0.39, 0.29) is 0 Å². The summed E-state index contributed by atoms with van der Waals surface area (Å²) in [5, 5.41) is 3.65. The van der Waals surface area contributed by atoms with Crippen LogP contribution in [0, 0.1) is 0 Å². The number of hydrogen-bond donors (Lipinski definition) is 1. The third kappa shape index (κ3) is 37.5. The lowest BCUT2D eigenvalue weighted by molar-refractivity contribution is 0.574. The number of nitrogens with one attached hydrogen (secondary N) is 1. The van der Waals surface area contributed by atoms with E-state index in [1.54, 1.807) is 0 Å². The highest BCUT2D eigenvalue weighted by molar-refractivity contribution is 7.99. The minimum atomic E-state index is 1.12. The Bertz CT molecular complexity index is 524. The van der Waals surface area contributed by atoms with Crippen LogP contribution in [0.25, 0.3) is 0 Å². The van der Waals surface area contributed by atoms with Gasteiger partial charge in [-0.3, -0.25) is 0 Å². The van der Waals surface area contributed by atoms with Crippen molar-refractivity contribution in [3.05, 3.63) is 36.5 Å². The van der Waals surface area contributed by atoms with Gasteiger partial charge in [-0.15, -0.1) is 0 Å². The monoisotopic (exact) mass is 576 g/mol. The molecule has 0 aromatic carbocycles. The van der Waals surface area contributed by atoms with Gasteiger partial charge in [0.25, 0.3) is 0 Å². The Morgan fingerprint density at radius 1 is 0.375 bits per heavy atom. The Hall–Kier alpha value is -0.470. The van der Waals surface area contributed by atoms with Crippen LogP contribution in [0.3, 0.4) is 0 Å². The van der Waals surface area contributed by atoms with E-state index >= 15 is 0 Å². The molecule has 2 heteroatoms. The molecule has 1 nitrogen and oxygen atoms in total. The van der Waals surface area contributed by atoms with Gasteiger partial charge in [0.1, 0.15) is 0 Å². The van der Waals surface area contributed by atoms with Gasteiger partial charge in [-0.25, -0.2) is 0 Å². The van der Waals surface area contributed by atoms with Crippen molar-refractivity contribution in [2.45, 2.75) is 181 Å². The third-order valence-electron chi connectivity index (χ3n) is 7.78. The number of rotatable bonds is 34. The molecule has 0 saturated carbocycles. The van der Waals surface area contributed by atoms with Crippen molar-refractivity contribution in [1.82, 2.24) is 5.32 Å². The fourth-order valence-electron chi connectivity index (χ4n) is 5.06. The van der Waals surface area contributed by atoms with E-state index in [2.05, 4.69) is 67.4 Å². The molecule has 0 saturated heterocycles. The van der Waals surface area contributed by atoms with Gasteiger partial charge in [-0.05, 0) is 82.9 Å². The zero-order chi connectivity index (χ0) is 28.9. The average Bonchev–Trinajstić information content (AvgIpc) is 2.97. The van der Waals surface area contributed by atoms with Crippen molar-refractivity contribution in [1.29, 1.82) is 0 Å². The average molecular weight is 576 g/mol. The molecule has 0 aliphatic rings. The van der Waals surface area contributed by atoms with Crippen LogP contribution in [0.4, 0.5) is 0 Å². The van der Waals surface area contributed by atoms with Gasteiger partial charge in [-0.2, -0.15) is 11.8 Å². The van der Waals surface area contributed by atoms with E-state index in [0.717, 1.165) is 6.42 Å². The van der Waals surface area contributed by atoms with E-state index < -0.39 is 0 Å². The van der Waals surface area contributed by atoms with Crippen LogP contribution in [-0.2, 0) is 0 Å². The maximum Gasteiger partial charge on any atom is 0.00581 e. The van der Waals surface area contributed by atoms with Crippen molar-refractivity contribution in [2.24, 2.45) is 0 Å². The van der Waals surface area contributed by atoms with Gasteiger partial charge in [0, 0.05) is 12.3 Å². The Balaban J connectivity index is 3.12. The Morgan fingerprint density at radius 2 is 0.775 bits per heavy atom. The second-order valence-electron chi connectivity index (χ2n) is 11.9. The molecule has 0 heterocycles.